The lowest BCUT2D eigenvalue weighted by Crippen LogP contribution is -2.16. The molecule has 11 heavy (non-hydrogen) atoms. The largest absolute Gasteiger partial charge is 0.345 e. The van der Waals surface area contributed by atoms with Gasteiger partial charge in [-0.3, -0.25) is 4.89 Å². The molecule has 0 unspecified atom stereocenters. The van der Waals surface area contributed by atoms with E-state index >= 15 is 0 Å². The van der Waals surface area contributed by atoms with E-state index < -0.39 is 0 Å². The van der Waals surface area contributed by atoms with Crippen molar-refractivity contribution in [3.63, 3.8) is 0 Å². The third kappa shape index (κ3) is 3.98. The molecule has 0 heterocycles. The zero-order valence-corrected chi connectivity index (χ0v) is 7.42. The Balaban J connectivity index is 3.61. The molecule has 0 rings (SSSR count). The Hall–Kier alpha value is -0.570. The van der Waals surface area contributed by atoms with Crippen molar-refractivity contribution in [3.8, 4) is 0 Å². The summed E-state index contributed by atoms with van der Waals surface area (Å²) in [5, 5.41) is 0. The highest BCUT2D eigenvalue weighted by Gasteiger charge is 2.16. The van der Waals surface area contributed by atoms with Crippen LogP contribution in [-0.2, 0) is 14.6 Å². The Labute approximate surface area is 67.6 Å². The van der Waals surface area contributed by atoms with E-state index in [1.807, 2.05) is 13.8 Å². The van der Waals surface area contributed by atoms with Crippen molar-refractivity contribution in [3.05, 3.63) is 0 Å². The fourth-order valence-electron chi connectivity index (χ4n) is 0.807. The third-order valence-corrected chi connectivity index (χ3v) is 1.58. The monoisotopic (exact) mass is 160 g/mol. The van der Waals surface area contributed by atoms with Gasteiger partial charge in [-0.2, -0.15) is 4.89 Å². The second-order valence-corrected chi connectivity index (χ2v) is 2.32. The first kappa shape index (κ1) is 10.4. The van der Waals surface area contributed by atoms with Gasteiger partial charge in [0.2, 0.25) is 0 Å². The van der Waals surface area contributed by atoms with Crippen molar-refractivity contribution in [2.24, 2.45) is 5.92 Å². The lowest BCUT2D eigenvalue weighted by molar-refractivity contribution is -0.273. The average Bonchev–Trinajstić information content (AvgIpc) is 2.03. The van der Waals surface area contributed by atoms with Gasteiger partial charge in [0.05, 0.1) is 12.5 Å². The molecular weight excluding hydrogens is 144 g/mol. The Morgan fingerprint density at radius 2 is 1.82 bits per heavy atom. The minimum Gasteiger partial charge on any atom is -0.298 e. The molecular formula is C8H16O3. The molecule has 0 aliphatic heterocycles. The van der Waals surface area contributed by atoms with E-state index in [4.69, 9.17) is 0 Å². The number of hydrogen-bond donors (Lipinski definition) is 0. The standard InChI is InChI=1S/C8H16O3/c1-4-7(5-2)8(9)11-10-6-3/h7H,4-6H2,1-3H3. The smallest absolute Gasteiger partial charge is 0.298 e. The van der Waals surface area contributed by atoms with Gasteiger partial charge in [-0.15, -0.1) is 0 Å². The fraction of sp³-hybridized carbons (Fsp3) is 0.875. The van der Waals surface area contributed by atoms with Crippen molar-refractivity contribution >= 4 is 5.97 Å². The summed E-state index contributed by atoms with van der Waals surface area (Å²) < 4.78 is 0. The Morgan fingerprint density at radius 3 is 2.18 bits per heavy atom. The number of hydrogen-bond acceptors (Lipinski definition) is 3. The summed E-state index contributed by atoms with van der Waals surface area (Å²) in [6.45, 7) is 6.11. The van der Waals surface area contributed by atoms with Crippen LogP contribution >= 0.6 is 0 Å². The van der Waals surface area contributed by atoms with Crippen LogP contribution in [0, 0.1) is 5.92 Å². The Bertz CT molecular complexity index is 108. The van der Waals surface area contributed by atoms with Crippen LogP contribution in [0.3, 0.4) is 0 Å². The summed E-state index contributed by atoms with van der Waals surface area (Å²) in [6, 6.07) is 0. The van der Waals surface area contributed by atoms with Crippen LogP contribution < -0.4 is 0 Å². The quantitative estimate of drug-likeness (QED) is 0.455. The third-order valence-electron chi connectivity index (χ3n) is 1.58. The molecule has 0 N–H and O–H groups in total. The molecule has 0 saturated carbocycles. The van der Waals surface area contributed by atoms with Crippen LogP contribution in [0.4, 0.5) is 0 Å². The van der Waals surface area contributed by atoms with Gasteiger partial charge in [-0.1, -0.05) is 13.8 Å². The van der Waals surface area contributed by atoms with Crippen molar-refractivity contribution in [1.29, 1.82) is 0 Å². The normalized spacial score (nSPS) is 10.2. The van der Waals surface area contributed by atoms with E-state index in [0.717, 1.165) is 12.8 Å². The predicted octanol–water partition coefficient (Wildman–Crippen LogP) is 1.92. The molecule has 0 amide bonds. The molecule has 0 saturated heterocycles. The maximum Gasteiger partial charge on any atom is 0.345 e. The van der Waals surface area contributed by atoms with Crippen LogP contribution in [0.2, 0.25) is 0 Å². The fourth-order valence-corrected chi connectivity index (χ4v) is 0.807. The molecule has 0 bridgehead atoms. The zero-order chi connectivity index (χ0) is 8.69. The van der Waals surface area contributed by atoms with Crippen molar-refractivity contribution in [2.75, 3.05) is 6.61 Å². The highest BCUT2D eigenvalue weighted by atomic mass is 17.2. The molecule has 0 aliphatic rings. The van der Waals surface area contributed by atoms with Gasteiger partial charge in [0.1, 0.15) is 0 Å². The molecule has 0 aromatic heterocycles. The van der Waals surface area contributed by atoms with Gasteiger partial charge in [0.15, 0.2) is 0 Å². The minimum atomic E-state index is -0.253. The first-order chi connectivity index (χ1) is 5.26. The van der Waals surface area contributed by atoms with E-state index in [0.29, 0.717) is 6.61 Å². The summed E-state index contributed by atoms with van der Waals surface area (Å²) >= 11 is 0. The SMILES string of the molecule is CCOOC(=O)C(CC)CC. The Morgan fingerprint density at radius 1 is 1.27 bits per heavy atom. The molecule has 0 radical (unpaired) electrons. The van der Waals surface area contributed by atoms with E-state index in [1.165, 1.54) is 0 Å². The number of carbonyl (C=O) groups is 1. The molecule has 0 spiro atoms. The van der Waals surface area contributed by atoms with E-state index in [9.17, 15) is 4.79 Å². The second-order valence-electron chi connectivity index (χ2n) is 2.32. The van der Waals surface area contributed by atoms with Gasteiger partial charge in [-0.05, 0) is 19.8 Å². The topological polar surface area (TPSA) is 35.5 Å². The highest BCUT2D eigenvalue weighted by molar-refractivity contribution is 5.71. The molecule has 0 aromatic rings. The lowest BCUT2D eigenvalue weighted by atomic mass is 10.0. The molecule has 0 aromatic carbocycles. The molecule has 3 heteroatoms. The van der Waals surface area contributed by atoms with Gasteiger partial charge >= 0.3 is 5.97 Å². The van der Waals surface area contributed by atoms with Crippen LogP contribution in [-0.4, -0.2) is 12.6 Å². The van der Waals surface area contributed by atoms with Crippen LogP contribution in [0.1, 0.15) is 33.6 Å². The number of carbonyl (C=O) groups excluding carboxylic acids is 1. The van der Waals surface area contributed by atoms with Crippen molar-refractivity contribution in [2.45, 2.75) is 33.6 Å². The van der Waals surface area contributed by atoms with Gasteiger partial charge in [0.25, 0.3) is 0 Å². The van der Waals surface area contributed by atoms with E-state index in [2.05, 4.69) is 9.78 Å². The summed E-state index contributed by atoms with van der Waals surface area (Å²) in [5.74, 6) is -0.265. The molecule has 3 nitrogen and oxygen atoms in total. The predicted molar refractivity (Wildman–Crippen MR) is 41.8 cm³/mol. The molecule has 0 fully saturated rings. The van der Waals surface area contributed by atoms with Gasteiger partial charge in [0, 0.05) is 0 Å². The summed E-state index contributed by atoms with van der Waals surface area (Å²) in [6.07, 6.45) is 1.62. The second kappa shape index (κ2) is 6.16. The highest BCUT2D eigenvalue weighted by Crippen LogP contribution is 2.09. The first-order valence-electron chi connectivity index (χ1n) is 4.09. The summed E-state index contributed by atoms with van der Waals surface area (Å²) in [5.41, 5.74) is 0. The number of rotatable bonds is 5. The molecule has 0 atom stereocenters. The summed E-state index contributed by atoms with van der Waals surface area (Å²) in [7, 11) is 0. The maximum absolute atomic E-state index is 11.0. The van der Waals surface area contributed by atoms with Crippen LogP contribution in [0.15, 0.2) is 0 Å². The lowest BCUT2D eigenvalue weighted by Gasteiger charge is -2.08. The minimum absolute atomic E-state index is 0.0125. The van der Waals surface area contributed by atoms with Gasteiger partial charge < -0.3 is 0 Å². The molecule has 0 aliphatic carbocycles. The van der Waals surface area contributed by atoms with E-state index in [-0.39, 0.29) is 11.9 Å². The molecule has 66 valence electrons. The van der Waals surface area contributed by atoms with Gasteiger partial charge in [-0.25, -0.2) is 4.79 Å². The maximum atomic E-state index is 11.0. The van der Waals surface area contributed by atoms with Crippen molar-refractivity contribution < 1.29 is 14.6 Å². The zero-order valence-electron chi connectivity index (χ0n) is 7.42. The Kier molecular flexibility index (Phi) is 5.84. The average molecular weight is 160 g/mol. The first-order valence-corrected chi connectivity index (χ1v) is 4.09. The van der Waals surface area contributed by atoms with E-state index in [1.54, 1.807) is 6.92 Å². The van der Waals surface area contributed by atoms with Crippen LogP contribution in [0.25, 0.3) is 0 Å². The summed E-state index contributed by atoms with van der Waals surface area (Å²) in [4.78, 5) is 20.0. The van der Waals surface area contributed by atoms with Crippen molar-refractivity contribution in [1.82, 2.24) is 0 Å². The van der Waals surface area contributed by atoms with Crippen LogP contribution in [0.5, 0.6) is 0 Å².